The van der Waals surface area contributed by atoms with Crippen molar-refractivity contribution in [1.29, 1.82) is 5.26 Å². The van der Waals surface area contributed by atoms with Crippen LogP contribution in [0.5, 0.6) is 0 Å². The van der Waals surface area contributed by atoms with Gasteiger partial charge in [-0.15, -0.1) is 0 Å². The molecule has 1 atom stereocenters. The van der Waals surface area contributed by atoms with E-state index in [1.807, 2.05) is 12.1 Å². The number of hydrogen-bond donors (Lipinski definition) is 1. The third kappa shape index (κ3) is 3.85. The van der Waals surface area contributed by atoms with E-state index in [0.717, 1.165) is 18.9 Å². The smallest absolute Gasteiger partial charge is 0.223 e. The number of nitrogens with zero attached hydrogens (tertiary/aromatic N) is 3. The van der Waals surface area contributed by atoms with E-state index in [9.17, 15) is 13.2 Å². The highest BCUT2D eigenvalue weighted by molar-refractivity contribution is 7.91. The third-order valence-electron chi connectivity index (χ3n) is 4.65. The van der Waals surface area contributed by atoms with Crippen molar-refractivity contribution in [3.05, 3.63) is 23.9 Å². The molecular weight excluding hydrogens is 328 g/mol. The molecular formula is C16H20N4O3S. The monoisotopic (exact) mass is 348 g/mol. The molecule has 3 heterocycles. The van der Waals surface area contributed by atoms with E-state index in [4.69, 9.17) is 5.26 Å². The zero-order valence-electron chi connectivity index (χ0n) is 13.3. The first-order valence-electron chi connectivity index (χ1n) is 8.09. The van der Waals surface area contributed by atoms with Gasteiger partial charge in [0.15, 0.2) is 9.84 Å². The molecule has 0 bridgehead atoms. The number of nitriles is 1. The molecule has 24 heavy (non-hydrogen) atoms. The summed E-state index contributed by atoms with van der Waals surface area (Å²) in [6.07, 6.45) is 3.50. The Labute approximate surface area is 141 Å². The average Bonchev–Trinajstić information content (AvgIpc) is 2.93. The van der Waals surface area contributed by atoms with Crippen molar-refractivity contribution in [2.75, 3.05) is 29.5 Å². The van der Waals surface area contributed by atoms with E-state index in [2.05, 4.69) is 15.2 Å². The minimum Gasteiger partial charge on any atom is -0.357 e. The molecule has 3 rings (SSSR count). The Hall–Kier alpha value is -2.14. The largest absolute Gasteiger partial charge is 0.357 e. The van der Waals surface area contributed by atoms with E-state index < -0.39 is 9.84 Å². The number of rotatable bonds is 3. The fourth-order valence-corrected chi connectivity index (χ4v) is 4.91. The molecule has 8 heteroatoms. The zero-order chi connectivity index (χ0) is 17.2. The molecule has 2 aliphatic rings. The SMILES string of the molecule is N#Cc1ccc(N2CCC(C(=O)NC3CCS(=O)(=O)C3)CC2)nc1. The molecule has 1 N–H and O–H groups in total. The summed E-state index contributed by atoms with van der Waals surface area (Å²) >= 11 is 0. The Bertz CT molecular complexity index is 747. The highest BCUT2D eigenvalue weighted by Gasteiger charge is 2.32. The highest BCUT2D eigenvalue weighted by Crippen LogP contribution is 2.23. The van der Waals surface area contributed by atoms with Gasteiger partial charge in [-0.2, -0.15) is 5.26 Å². The van der Waals surface area contributed by atoms with E-state index >= 15 is 0 Å². The van der Waals surface area contributed by atoms with Gasteiger partial charge in [0, 0.05) is 31.2 Å². The number of piperidine rings is 1. The van der Waals surface area contributed by atoms with Gasteiger partial charge < -0.3 is 10.2 Å². The molecule has 0 saturated carbocycles. The van der Waals surface area contributed by atoms with Crippen LogP contribution in [0.25, 0.3) is 0 Å². The summed E-state index contributed by atoms with van der Waals surface area (Å²) < 4.78 is 22.9. The molecule has 0 aliphatic carbocycles. The number of sulfone groups is 1. The quantitative estimate of drug-likeness (QED) is 0.852. The molecule has 2 saturated heterocycles. The fourth-order valence-electron chi connectivity index (χ4n) is 3.24. The van der Waals surface area contributed by atoms with Gasteiger partial charge in [0.2, 0.25) is 5.91 Å². The summed E-state index contributed by atoms with van der Waals surface area (Å²) in [6, 6.07) is 5.37. The Balaban J connectivity index is 1.51. The minimum absolute atomic E-state index is 0.0375. The first kappa shape index (κ1) is 16.7. The van der Waals surface area contributed by atoms with E-state index in [1.165, 1.54) is 0 Å². The number of aromatic nitrogens is 1. The van der Waals surface area contributed by atoms with Crippen molar-refractivity contribution in [3.63, 3.8) is 0 Å². The second kappa shape index (κ2) is 6.77. The van der Waals surface area contributed by atoms with Crippen LogP contribution in [-0.2, 0) is 14.6 Å². The van der Waals surface area contributed by atoms with Crippen molar-refractivity contribution < 1.29 is 13.2 Å². The summed E-state index contributed by atoms with van der Waals surface area (Å²) in [5.41, 5.74) is 0.527. The maximum absolute atomic E-state index is 12.3. The predicted octanol–water partition coefficient (Wildman–Crippen LogP) is 0.473. The van der Waals surface area contributed by atoms with Crippen molar-refractivity contribution in [2.24, 2.45) is 5.92 Å². The molecule has 2 fully saturated rings. The number of carbonyl (C=O) groups is 1. The first-order chi connectivity index (χ1) is 11.5. The standard InChI is InChI=1S/C16H20N4O3S/c17-9-12-1-2-15(18-10-12)20-6-3-13(4-7-20)16(21)19-14-5-8-24(22,23)11-14/h1-2,10,13-14H,3-8,11H2,(H,19,21). The summed E-state index contributed by atoms with van der Waals surface area (Å²) in [5, 5.41) is 11.7. The highest BCUT2D eigenvalue weighted by atomic mass is 32.2. The number of carbonyl (C=O) groups excluding carboxylic acids is 1. The van der Waals surface area contributed by atoms with Gasteiger partial charge in [0.05, 0.1) is 17.1 Å². The third-order valence-corrected chi connectivity index (χ3v) is 6.41. The maximum Gasteiger partial charge on any atom is 0.223 e. The summed E-state index contributed by atoms with van der Waals surface area (Å²) in [5.74, 6) is 0.926. The number of hydrogen-bond acceptors (Lipinski definition) is 6. The van der Waals surface area contributed by atoms with Crippen molar-refractivity contribution in [2.45, 2.75) is 25.3 Å². The molecule has 1 amide bonds. The van der Waals surface area contributed by atoms with Gasteiger partial charge in [-0.05, 0) is 31.4 Å². The van der Waals surface area contributed by atoms with Crippen LogP contribution in [0.3, 0.4) is 0 Å². The zero-order valence-corrected chi connectivity index (χ0v) is 14.1. The van der Waals surface area contributed by atoms with Crippen molar-refractivity contribution >= 4 is 21.6 Å². The second-order valence-electron chi connectivity index (χ2n) is 6.39. The van der Waals surface area contributed by atoms with Crippen molar-refractivity contribution in [3.8, 4) is 6.07 Å². The molecule has 2 aliphatic heterocycles. The molecule has 1 aromatic heterocycles. The van der Waals surface area contributed by atoms with E-state index in [0.29, 0.717) is 24.8 Å². The van der Waals surface area contributed by atoms with Gasteiger partial charge in [-0.3, -0.25) is 4.79 Å². The van der Waals surface area contributed by atoms with Crippen molar-refractivity contribution in [1.82, 2.24) is 10.3 Å². The molecule has 1 aromatic rings. The van der Waals surface area contributed by atoms with E-state index in [1.54, 1.807) is 12.3 Å². The Kier molecular flexibility index (Phi) is 4.71. The Morgan fingerprint density at radius 2 is 2.04 bits per heavy atom. The molecule has 1 unspecified atom stereocenters. The van der Waals surface area contributed by atoms with Gasteiger partial charge in [0.1, 0.15) is 11.9 Å². The lowest BCUT2D eigenvalue weighted by Crippen LogP contribution is -2.44. The predicted molar refractivity (Wildman–Crippen MR) is 89.1 cm³/mol. The van der Waals surface area contributed by atoms with Crippen LogP contribution in [0.2, 0.25) is 0 Å². The fraction of sp³-hybridized carbons (Fsp3) is 0.562. The Morgan fingerprint density at radius 1 is 1.29 bits per heavy atom. The first-order valence-corrected chi connectivity index (χ1v) is 9.91. The van der Waals surface area contributed by atoms with Gasteiger partial charge in [-0.25, -0.2) is 13.4 Å². The summed E-state index contributed by atoms with van der Waals surface area (Å²) in [7, 11) is -2.98. The van der Waals surface area contributed by atoms with Crippen LogP contribution in [0.1, 0.15) is 24.8 Å². The van der Waals surface area contributed by atoms with E-state index in [-0.39, 0.29) is 29.4 Å². The van der Waals surface area contributed by atoms with Crippen LogP contribution < -0.4 is 10.2 Å². The van der Waals surface area contributed by atoms with Crippen LogP contribution in [0.15, 0.2) is 18.3 Å². The normalized spacial score (nSPS) is 23.6. The van der Waals surface area contributed by atoms with Crippen LogP contribution in [0.4, 0.5) is 5.82 Å². The molecule has 7 nitrogen and oxygen atoms in total. The van der Waals surface area contributed by atoms with Gasteiger partial charge >= 0.3 is 0 Å². The van der Waals surface area contributed by atoms with Crippen LogP contribution >= 0.6 is 0 Å². The number of pyridine rings is 1. The maximum atomic E-state index is 12.3. The topological polar surface area (TPSA) is 103 Å². The molecule has 0 radical (unpaired) electrons. The molecule has 0 spiro atoms. The second-order valence-corrected chi connectivity index (χ2v) is 8.62. The van der Waals surface area contributed by atoms with Crippen LogP contribution in [-0.4, -0.2) is 49.9 Å². The lowest BCUT2D eigenvalue weighted by atomic mass is 9.95. The van der Waals surface area contributed by atoms with Gasteiger partial charge in [0.25, 0.3) is 0 Å². The van der Waals surface area contributed by atoms with Gasteiger partial charge in [-0.1, -0.05) is 0 Å². The number of nitrogens with one attached hydrogen (secondary N) is 1. The summed E-state index contributed by atoms with van der Waals surface area (Å²) in [6.45, 7) is 1.44. The number of amides is 1. The lowest BCUT2D eigenvalue weighted by molar-refractivity contribution is -0.126. The molecule has 128 valence electrons. The minimum atomic E-state index is -2.98. The van der Waals surface area contributed by atoms with Crippen LogP contribution in [0, 0.1) is 17.2 Å². The molecule has 0 aromatic carbocycles. The summed E-state index contributed by atoms with van der Waals surface area (Å²) in [4.78, 5) is 18.7. The lowest BCUT2D eigenvalue weighted by Gasteiger charge is -2.32. The number of anilines is 1. The average molecular weight is 348 g/mol. The Morgan fingerprint density at radius 3 is 2.58 bits per heavy atom.